The summed E-state index contributed by atoms with van der Waals surface area (Å²) in [5.74, 6) is 0. The van der Waals surface area contributed by atoms with Crippen LogP contribution >= 0.6 is 0 Å². The van der Waals surface area contributed by atoms with E-state index in [1.807, 2.05) is 54.7 Å². The maximum atomic E-state index is 13.2. The lowest BCUT2D eigenvalue weighted by Crippen LogP contribution is -2.32. The third-order valence-electron chi connectivity index (χ3n) is 5.02. The zero-order valence-electron chi connectivity index (χ0n) is 18.6. The van der Waals surface area contributed by atoms with Gasteiger partial charge in [-0.2, -0.15) is 5.26 Å². The number of hydrogen-bond acceptors (Lipinski definition) is 6. The third kappa shape index (κ3) is 6.22. The summed E-state index contributed by atoms with van der Waals surface area (Å²) >= 11 is 0. The number of rotatable bonds is 9. The predicted octanol–water partition coefficient (Wildman–Crippen LogP) is 4.70. The van der Waals surface area contributed by atoms with Crippen molar-refractivity contribution in [1.29, 1.82) is 5.26 Å². The van der Waals surface area contributed by atoms with E-state index in [0.717, 1.165) is 11.1 Å². The van der Waals surface area contributed by atoms with Gasteiger partial charge in [0.05, 0.1) is 17.1 Å². The molecule has 3 aromatic carbocycles. The molecule has 0 unspecified atom stereocenters. The fourth-order valence-corrected chi connectivity index (χ4v) is 4.67. The van der Waals surface area contributed by atoms with Gasteiger partial charge in [-0.15, -0.1) is 0 Å². The van der Waals surface area contributed by atoms with E-state index in [-0.39, 0.29) is 4.90 Å². The van der Waals surface area contributed by atoms with Crippen molar-refractivity contribution in [1.82, 2.24) is 15.4 Å². The molecule has 0 aliphatic carbocycles. The van der Waals surface area contributed by atoms with Gasteiger partial charge in [0.15, 0.2) is 6.19 Å². The second kappa shape index (κ2) is 11.0. The molecule has 0 spiro atoms. The Balaban J connectivity index is 1.48. The first-order valence-corrected chi connectivity index (χ1v) is 12.2. The Labute approximate surface area is 204 Å². The molecule has 0 amide bonds. The Kier molecular flexibility index (Phi) is 7.35. The standard InChI is InChI=1S/C26H22N6O2S/c27-19-30-32(18-21-14-16-28-17-15-21)20-29-23-10-12-24(13-11-23)31-35(33,34)26-9-5-4-8-25(26)22-6-2-1-3-7-22/h1-17,20,30-31H,18H2/b29-20-. The number of sulfonamides is 1. The molecule has 8 nitrogen and oxygen atoms in total. The SMILES string of the molecule is N#CNN(/C=N\c1ccc(NS(=O)(=O)c2ccccc2-c2ccccc2)cc1)Cc1ccncc1. The van der Waals surface area contributed by atoms with Crippen molar-refractivity contribution in [2.45, 2.75) is 11.4 Å². The van der Waals surface area contributed by atoms with Crippen LogP contribution in [0.25, 0.3) is 11.1 Å². The van der Waals surface area contributed by atoms with Crippen molar-refractivity contribution in [3.8, 4) is 17.3 Å². The first-order valence-electron chi connectivity index (χ1n) is 10.7. The molecule has 0 atom stereocenters. The lowest BCUT2D eigenvalue weighted by molar-refractivity contribution is 0.369. The molecule has 0 aliphatic rings. The topological polar surface area (TPSA) is 110 Å². The Morgan fingerprint density at radius 1 is 0.914 bits per heavy atom. The van der Waals surface area contributed by atoms with Gasteiger partial charge in [0.2, 0.25) is 0 Å². The van der Waals surface area contributed by atoms with Crippen LogP contribution in [0.3, 0.4) is 0 Å². The highest BCUT2D eigenvalue weighted by Gasteiger charge is 2.19. The second-order valence-electron chi connectivity index (χ2n) is 7.47. The molecule has 0 aliphatic heterocycles. The minimum Gasteiger partial charge on any atom is -0.280 e. The van der Waals surface area contributed by atoms with Gasteiger partial charge >= 0.3 is 0 Å². The van der Waals surface area contributed by atoms with Crippen molar-refractivity contribution < 1.29 is 8.42 Å². The van der Waals surface area contributed by atoms with Crippen molar-refractivity contribution in [3.63, 3.8) is 0 Å². The molecule has 0 saturated carbocycles. The molecule has 35 heavy (non-hydrogen) atoms. The van der Waals surface area contributed by atoms with Crippen molar-refractivity contribution in [3.05, 3.63) is 109 Å². The molecule has 9 heteroatoms. The summed E-state index contributed by atoms with van der Waals surface area (Å²) in [6, 6.07) is 26.6. The number of anilines is 1. The largest absolute Gasteiger partial charge is 0.280 e. The molecule has 1 heterocycles. The van der Waals surface area contributed by atoms with Gasteiger partial charge in [-0.1, -0.05) is 48.5 Å². The number of benzene rings is 3. The molecule has 174 valence electrons. The monoisotopic (exact) mass is 482 g/mol. The number of aliphatic imine (C=N–C) groups is 1. The van der Waals surface area contributed by atoms with Gasteiger partial charge in [-0.3, -0.25) is 14.7 Å². The summed E-state index contributed by atoms with van der Waals surface area (Å²) in [5, 5.41) is 10.5. The second-order valence-corrected chi connectivity index (χ2v) is 9.12. The van der Waals surface area contributed by atoms with Gasteiger partial charge in [-0.05, 0) is 53.6 Å². The maximum absolute atomic E-state index is 13.2. The van der Waals surface area contributed by atoms with E-state index >= 15 is 0 Å². The summed E-state index contributed by atoms with van der Waals surface area (Å²) in [4.78, 5) is 8.54. The number of nitrogens with one attached hydrogen (secondary N) is 2. The highest BCUT2D eigenvalue weighted by molar-refractivity contribution is 7.92. The quantitative estimate of drug-likeness (QED) is 0.118. The number of nitriles is 1. The minimum atomic E-state index is -3.82. The fourth-order valence-electron chi connectivity index (χ4n) is 3.38. The predicted molar refractivity (Wildman–Crippen MR) is 136 cm³/mol. The van der Waals surface area contributed by atoms with Crippen LogP contribution in [0.4, 0.5) is 11.4 Å². The van der Waals surface area contributed by atoms with Crippen LogP contribution in [-0.4, -0.2) is 24.7 Å². The Hall–Kier alpha value is -4.68. The summed E-state index contributed by atoms with van der Waals surface area (Å²) in [7, 11) is -3.82. The molecule has 4 aromatic rings. The number of hydrazine groups is 1. The summed E-state index contributed by atoms with van der Waals surface area (Å²) in [6.45, 7) is 0.415. The van der Waals surface area contributed by atoms with E-state index in [4.69, 9.17) is 5.26 Å². The maximum Gasteiger partial charge on any atom is 0.262 e. The Morgan fingerprint density at radius 3 is 2.31 bits per heavy atom. The number of aromatic nitrogens is 1. The summed E-state index contributed by atoms with van der Waals surface area (Å²) in [6.07, 6.45) is 6.73. The first kappa shape index (κ1) is 23.5. The number of nitrogens with zero attached hydrogens (tertiary/aromatic N) is 4. The number of pyridine rings is 1. The zero-order chi connectivity index (χ0) is 24.5. The molecule has 4 rings (SSSR count). The average molecular weight is 483 g/mol. The molecule has 0 fully saturated rings. The molecule has 2 N–H and O–H groups in total. The van der Waals surface area contributed by atoms with Crippen LogP contribution < -0.4 is 10.1 Å². The molecule has 0 bridgehead atoms. The van der Waals surface area contributed by atoms with E-state index < -0.39 is 10.0 Å². The van der Waals surface area contributed by atoms with Crippen LogP contribution in [0.2, 0.25) is 0 Å². The normalized spacial score (nSPS) is 11.1. The molecule has 1 aromatic heterocycles. The lowest BCUT2D eigenvalue weighted by atomic mass is 10.1. The van der Waals surface area contributed by atoms with Crippen LogP contribution in [0, 0.1) is 11.5 Å². The highest BCUT2D eigenvalue weighted by atomic mass is 32.2. The van der Waals surface area contributed by atoms with E-state index in [0.29, 0.717) is 23.5 Å². The minimum absolute atomic E-state index is 0.197. The van der Waals surface area contributed by atoms with E-state index in [1.165, 1.54) is 11.3 Å². The molecular weight excluding hydrogens is 460 g/mol. The fraction of sp³-hybridized carbons (Fsp3) is 0.0385. The van der Waals surface area contributed by atoms with Crippen molar-refractivity contribution in [2.24, 2.45) is 4.99 Å². The Bertz CT molecular complexity index is 1430. The van der Waals surface area contributed by atoms with Gasteiger partial charge in [-0.25, -0.2) is 18.8 Å². The average Bonchev–Trinajstić information content (AvgIpc) is 2.89. The lowest BCUT2D eigenvalue weighted by Gasteiger charge is -2.16. The van der Waals surface area contributed by atoms with Crippen molar-refractivity contribution >= 4 is 27.7 Å². The molecule has 0 saturated heterocycles. The third-order valence-corrected chi connectivity index (χ3v) is 6.46. The number of hydrogen-bond donors (Lipinski definition) is 2. The van der Waals surface area contributed by atoms with Gasteiger partial charge < -0.3 is 0 Å². The van der Waals surface area contributed by atoms with E-state index in [1.54, 1.807) is 54.9 Å². The van der Waals surface area contributed by atoms with E-state index in [2.05, 4.69) is 20.1 Å². The van der Waals surface area contributed by atoms with E-state index in [9.17, 15) is 8.42 Å². The Morgan fingerprint density at radius 2 is 1.60 bits per heavy atom. The molecule has 0 radical (unpaired) electrons. The van der Waals surface area contributed by atoms with Crippen LogP contribution in [0.15, 0.2) is 113 Å². The summed E-state index contributed by atoms with van der Waals surface area (Å²) < 4.78 is 28.9. The van der Waals surface area contributed by atoms with Gasteiger partial charge in [0.1, 0.15) is 6.34 Å². The first-order chi connectivity index (χ1) is 17.0. The summed E-state index contributed by atoms with van der Waals surface area (Å²) in [5.41, 5.74) is 5.96. The van der Waals surface area contributed by atoms with Crippen molar-refractivity contribution in [2.75, 3.05) is 4.72 Å². The van der Waals surface area contributed by atoms with Crippen LogP contribution in [0.5, 0.6) is 0 Å². The molecular formula is C26H22N6O2S. The zero-order valence-corrected chi connectivity index (χ0v) is 19.4. The van der Waals surface area contributed by atoms with Crippen LogP contribution in [-0.2, 0) is 16.6 Å². The smallest absolute Gasteiger partial charge is 0.262 e. The van der Waals surface area contributed by atoms with Crippen LogP contribution in [0.1, 0.15) is 5.56 Å². The highest BCUT2D eigenvalue weighted by Crippen LogP contribution is 2.29. The van der Waals surface area contributed by atoms with Gasteiger partial charge in [0.25, 0.3) is 10.0 Å². The van der Waals surface area contributed by atoms with Gasteiger partial charge in [0, 0.05) is 23.6 Å².